The molecule has 0 fully saturated rings. The molecule has 2 aromatic carbocycles. The van der Waals surface area contributed by atoms with Gasteiger partial charge in [0.15, 0.2) is 0 Å². The van der Waals surface area contributed by atoms with Crippen LogP contribution >= 0.6 is 38.5 Å². The molecule has 0 heterocycles. The first-order valence-electron chi connectivity index (χ1n) is 7.03. The molecule has 0 aliphatic carbocycles. The van der Waals surface area contributed by atoms with Crippen LogP contribution in [-0.4, -0.2) is 6.54 Å². The summed E-state index contributed by atoms with van der Waals surface area (Å²) in [4.78, 5) is 0. The van der Waals surface area contributed by atoms with Gasteiger partial charge in [-0.25, -0.2) is 4.39 Å². The van der Waals surface area contributed by atoms with Gasteiger partial charge in [-0.1, -0.05) is 41.1 Å². The van der Waals surface area contributed by atoms with Crippen LogP contribution < -0.4 is 5.32 Å². The zero-order chi connectivity index (χ0) is 15.2. The molecule has 0 bridgehead atoms. The molecule has 1 N–H and O–H groups in total. The molecule has 2 aromatic rings. The summed E-state index contributed by atoms with van der Waals surface area (Å²) in [7, 11) is 0. The second-order valence-corrected chi connectivity index (χ2v) is 7.07. The fourth-order valence-electron chi connectivity index (χ4n) is 2.28. The van der Waals surface area contributed by atoms with E-state index >= 15 is 0 Å². The molecule has 0 aliphatic rings. The average molecular weight is 462 g/mol. The predicted octanol–water partition coefficient (Wildman–Crippen LogP) is 5.48. The summed E-state index contributed by atoms with van der Waals surface area (Å²) in [6.07, 6.45) is 1.70. The van der Waals surface area contributed by atoms with E-state index in [2.05, 4.69) is 69.0 Å². The molecule has 0 saturated carbocycles. The Labute approximate surface area is 147 Å². The lowest BCUT2D eigenvalue weighted by Crippen LogP contribution is -2.25. The highest BCUT2D eigenvalue weighted by atomic mass is 127. The van der Waals surface area contributed by atoms with Crippen molar-refractivity contribution in [1.29, 1.82) is 0 Å². The number of rotatable bonds is 6. The summed E-state index contributed by atoms with van der Waals surface area (Å²) in [5, 5.41) is 3.53. The fraction of sp³-hybridized carbons (Fsp3) is 0.294. The molecule has 21 heavy (non-hydrogen) atoms. The van der Waals surface area contributed by atoms with Crippen LogP contribution in [-0.2, 0) is 6.42 Å². The Bertz CT molecular complexity index is 603. The molecule has 4 heteroatoms. The molecule has 2 rings (SSSR count). The van der Waals surface area contributed by atoms with E-state index in [1.54, 1.807) is 6.07 Å². The van der Waals surface area contributed by atoms with E-state index in [0.717, 1.165) is 23.0 Å². The van der Waals surface area contributed by atoms with Crippen molar-refractivity contribution in [3.05, 3.63) is 67.5 Å². The van der Waals surface area contributed by atoms with Gasteiger partial charge in [-0.3, -0.25) is 0 Å². The third-order valence-corrected chi connectivity index (χ3v) is 4.75. The maximum absolute atomic E-state index is 13.9. The van der Waals surface area contributed by atoms with Crippen molar-refractivity contribution in [2.75, 3.05) is 6.54 Å². The second kappa shape index (κ2) is 8.25. The van der Waals surface area contributed by atoms with Gasteiger partial charge in [0.1, 0.15) is 5.82 Å². The lowest BCUT2D eigenvalue weighted by atomic mass is 9.98. The van der Waals surface area contributed by atoms with Crippen LogP contribution in [0.25, 0.3) is 0 Å². The summed E-state index contributed by atoms with van der Waals surface area (Å²) in [5.74, 6) is -0.137. The molecule has 112 valence electrons. The van der Waals surface area contributed by atoms with Gasteiger partial charge in [0.2, 0.25) is 0 Å². The Morgan fingerprint density at radius 2 is 2.00 bits per heavy atom. The van der Waals surface area contributed by atoms with Gasteiger partial charge in [-0.05, 0) is 77.4 Å². The topological polar surface area (TPSA) is 12.0 Å². The van der Waals surface area contributed by atoms with Gasteiger partial charge in [-0.2, -0.15) is 0 Å². The van der Waals surface area contributed by atoms with Crippen LogP contribution in [0.5, 0.6) is 0 Å². The summed E-state index contributed by atoms with van der Waals surface area (Å²) in [6.45, 7) is 3.05. The average Bonchev–Trinajstić information content (AvgIpc) is 2.48. The maximum Gasteiger partial charge on any atom is 0.126 e. The molecule has 0 spiro atoms. The zero-order valence-electron chi connectivity index (χ0n) is 11.9. The number of hydrogen-bond donors (Lipinski definition) is 1. The van der Waals surface area contributed by atoms with Crippen molar-refractivity contribution in [2.24, 2.45) is 0 Å². The Morgan fingerprint density at radius 1 is 1.24 bits per heavy atom. The SMILES string of the molecule is CCCNC(Cc1ccccc1F)c1cc(I)ccc1Br. The first-order valence-corrected chi connectivity index (χ1v) is 8.90. The van der Waals surface area contributed by atoms with Crippen LogP contribution in [0.4, 0.5) is 4.39 Å². The Kier molecular flexibility index (Phi) is 6.64. The molecule has 0 radical (unpaired) electrons. The van der Waals surface area contributed by atoms with Crippen LogP contribution in [0.15, 0.2) is 46.9 Å². The minimum atomic E-state index is -0.137. The van der Waals surface area contributed by atoms with E-state index < -0.39 is 0 Å². The molecule has 0 amide bonds. The van der Waals surface area contributed by atoms with Gasteiger partial charge in [-0.15, -0.1) is 0 Å². The van der Waals surface area contributed by atoms with E-state index in [1.165, 1.54) is 15.2 Å². The van der Waals surface area contributed by atoms with Crippen LogP contribution in [0.3, 0.4) is 0 Å². The van der Waals surface area contributed by atoms with Crippen molar-refractivity contribution in [2.45, 2.75) is 25.8 Å². The quantitative estimate of drug-likeness (QED) is 0.562. The third kappa shape index (κ3) is 4.76. The van der Waals surface area contributed by atoms with E-state index in [-0.39, 0.29) is 11.9 Å². The molecule has 0 aliphatic heterocycles. The lowest BCUT2D eigenvalue weighted by molar-refractivity contribution is 0.511. The minimum Gasteiger partial charge on any atom is -0.310 e. The van der Waals surface area contributed by atoms with E-state index in [4.69, 9.17) is 0 Å². The Hall–Kier alpha value is -0.460. The summed E-state index contributed by atoms with van der Waals surface area (Å²) >= 11 is 5.93. The smallest absolute Gasteiger partial charge is 0.126 e. The van der Waals surface area contributed by atoms with E-state index in [0.29, 0.717) is 6.42 Å². The van der Waals surface area contributed by atoms with Crippen molar-refractivity contribution in [3.63, 3.8) is 0 Å². The normalized spacial score (nSPS) is 12.4. The van der Waals surface area contributed by atoms with Crippen molar-refractivity contribution in [1.82, 2.24) is 5.32 Å². The van der Waals surface area contributed by atoms with Crippen molar-refractivity contribution < 1.29 is 4.39 Å². The van der Waals surface area contributed by atoms with Crippen molar-refractivity contribution in [3.8, 4) is 0 Å². The van der Waals surface area contributed by atoms with Gasteiger partial charge < -0.3 is 5.32 Å². The lowest BCUT2D eigenvalue weighted by Gasteiger charge is -2.21. The Morgan fingerprint density at radius 3 is 2.71 bits per heavy atom. The molecule has 1 atom stereocenters. The molecular weight excluding hydrogens is 444 g/mol. The highest BCUT2D eigenvalue weighted by Crippen LogP contribution is 2.28. The summed E-state index contributed by atoms with van der Waals surface area (Å²) < 4.78 is 16.2. The van der Waals surface area contributed by atoms with Crippen LogP contribution in [0.2, 0.25) is 0 Å². The second-order valence-electron chi connectivity index (χ2n) is 4.97. The predicted molar refractivity (Wildman–Crippen MR) is 98.0 cm³/mol. The third-order valence-electron chi connectivity index (χ3n) is 3.36. The molecule has 1 nitrogen and oxygen atoms in total. The monoisotopic (exact) mass is 461 g/mol. The number of benzene rings is 2. The van der Waals surface area contributed by atoms with Crippen LogP contribution in [0, 0.1) is 9.39 Å². The summed E-state index contributed by atoms with van der Waals surface area (Å²) in [6, 6.07) is 13.4. The Balaban J connectivity index is 2.30. The first-order chi connectivity index (χ1) is 10.1. The standard InChI is InChI=1S/C17H18BrFIN/c1-2-9-21-17(10-12-5-3-4-6-16(12)19)14-11-13(20)7-8-15(14)18/h3-8,11,17,21H,2,9-10H2,1H3. The van der Waals surface area contributed by atoms with Gasteiger partial charge >= 0.3 is 0 Å². The highest BCUT2D eigenvalue weighted by Gasteiger charge is 2.16. The van der Waals surface area contributed by atoms with Gasteiger partial charge in [0, 0.05) is 14.1 Å². The van der Waals surface area contributed by atoms with Gasteiger partial charge in [0.05, 0.1) is 0 Å². The minimum absolute atomic E-state index is 0.103. The van der Waals surface area contributed by atoms with Gasteiger partial charge in [0.25, 0.3) is 0 Å². The number of nitrogens with one attached hydrogen (secondary N) is 1. The largest absolute Gasteiger partial charge is 0.310 e. The molecule has 0 saturated heterocycles. The zero-order valence-corrected chi connectivity index (χ0v) is 15.6. The number of halogens is 3. The molecule has 0 aromatic heterocycles. The molecule has 1 unspecified atom stereocenters. The fourth-order valence-corrected chi connectivity index (χ4v) is 3.31. The number of hydrogen-bond acceptors (Lipinski definition) is 1. The van der Waals surface area contributed by atoms with E-state index in [1.807, 2.05) is 12.1 Å². The van der Waals surface area contributed by atoms with Crippen molar-refractivity contribution >= 4 is 38.5 Å². The maximum atomic E-state index is 13.9. The van der Waals surface area contributed by atoms with E-state index in [9.17, 15) is 4.39 Å². The van der Waals surface area contributed by atoms with Crippen LogP contribution in [0.1, 0.15) is 30.5 Å². The molecular formula is C17H18BrFIN. The first kappa shape index (κ1) is 16.9. The highest BCUT2D eigenvalue weighted by molar-refractivity contribution is 14.1. The summed E-state index contributed by atoms with van der Waals surface area (Å²) in [5.41, 5.74) is 1.93.